The largest absolute Gasteiger partial charge is 0.466 e. The summed E-state index contributed by atoms with van der Waals surface area (Å²) in [6.45, 7) is 13.5. The molecule has 0 heterocycles. The fourth-order valence-electron chi connectivity index (χ4n) is 3.19. The molecule has 3 nitrogen and oxygen atoms in total. The zero-order valence-electron chi connectivity index (χ0n) is 16.7. The van der Waals surface area contributed by atoms with Gasteiger partial charge in [0.15, 0.2) is 8.32 Å². The van der Waals surface area contributed by atoms with Crippen LogP contribution in [0.1, 0.15) is 50.3 Å². The van der Waals surface area contributed by atoms with Gasteiger partial charge in [-0.25, -0.2) is 4.79 Å². The second-order valence-electron chi connectivity index (χ2n) is 8.54. The number of aryl methyl sites for hydroxylation is 1. The summed E-state index contributed by atoms with van der Waals surface area (Å²) >= 11 is 0. The Morgan fingerprint density at radius 2 is 1.96 bits per heavy atom. The lowest BCUT2D eigenvalue weighted by atomic mass is 9.93. The van der Waals surface area contributed by atoms with E-state index in [-0.39, 0.29) is 17.1 Å². The molecule has 1 aromatic rings. The number of esters is 1. The summed E-state index contributed by atoms with van der Waals surface area (Å²) in [6.07, 6.45) is 4.53. The second kappa shape index (κ2) is 7.46. The third-order valence-electron chi connectivity index (χ3n) is 5.62. The van der Waals surface area contributed by atoms with Gasteiger partial charge in [0, 0.05) is 12.2 Å². The van der Waals surface area contributed by atoms with E-state index in [2.05, 4.69) is 59.0 Å². The number of ether oxygens (including phenoxy) is 1. The molecule has 1 aliphatic carbocycles. The molecule has 138 valence electrons. The number of hydrogen-bond acceptors (Lipinski definition) is 3. The summed E-state index contributed by atoms with van der Waals surface area (Å²) in [5.41, 5.74) is 4.76. The first-order chi connectivity index (χ1) is 11.5. The molecule has 2 rings (SSSR count). The molecule has 1 aliphatic rings. The van der Waals surface area contributed by atoms with Crippen LogP contribution in [0.15, 0.2) is 24.3 Å². The third-order valence-corrected chi connectivity index (χ3v) is 10.2. The standard InChI is InChI=1S/C21H32O3Si/c1-15-9-8-10-16-13-18(24-25(6,7)21(2,3)4)12-11-17(20(15)16)14-19(22)23-5/h8-10,14,18H,11-13H2,1-7H3/b17-14+. The van der Waals surface area contributed by atoms with Gasteiger partial charge in [0.1, 0.15) is 0 Å². The van der Waals surface area contributed by atoms with Crippen LogP contribution >= 0.6 is 0 Å². The highest BCUT2D eigenvalue weighted by atomic mass is 28.4. The molecule has 0 aliphatic heterocycles. The molecule has 0 fully saturated rings. The Kier molecular flexibility index (Phi) is 5.95. The summed E-state index contributed by atoms with van der Waals surface area (Å²) < 4.78 is 11.6. The van der Waals surface area contributed by atoms with Gasteiger partial charge in [-0.05, 0) is 66.6 Å². The molecule has 0 spiro atoms. The molecule has 0 radical (unpaired) electrons. The minimum Gasteiger partial charge on any atom is -0.466 e. The smallest absolute Gasteiger partial charge is 0.330 e. The number of allylic oxidation sites excluding steroid dienone is 1. The molecule has 0 saturated carbocycles. The first-order valence-electron chi connectivity index (χ1n) is 9.10. The van der Waals surface area contributed by atoms with E-state index in [9.17, 15) is 4.79 Å². The SMILES string of the molecule is COC(=O)/C=C1\CCC(O[Si](C)(C)C(C)(C)C)Cc2cccc(C)c21. The zero-order chi connectivity index (χ0) is 18.8. The first kappa shape index (κ1) is 19.9. The second-order valence-corrected chi connectivity index (χ2v) is 13.3. The molecule has 25 heavy (non-hydrogen) atoms. The number of fused-ring (bicyclic) bond motifs is 1. The average Bonchev–Trinajstić information content (AvgIpc) is 2.66. The van der Waals surface area contributed by atoms with Crippen LogP contribution in [0, 0.1) is 6.92 Å². The van der Waals surface area contributed by atoms with E-state index in [1.165, 1.54) is 23.8 Å². The molecule has 4 heteroatoms. The minimum atomic E-state index is -1.82. The van der Waals surface area contributed by atoms with Gasteiger partial charge in [-0.3, -0.25) is 0 Å². The summed E-state index contributed by atoms with van der Waals surface area (Å²) in [4.78, 5) is 11.8. The van der Waals surface area contributed by atoms with Crippen molar-refractivity contribution in [1.29, 1.82) is 0 Å². The van der Waals surface area contributed by atoms with Crippen molar-refractivity contribution < 1.29 is 14.0 Å². The maximum Gasteiger partial charge on any atom is 0.330 e. The van der Waals surface area contributed by atoms with Crippen LogP contribution in [0.5, 0.6) is 0 Å². The molecule has 0 amide bonds. The van der Waals surface area contributed by atoms with E-state index < -0.39 is 8.32 Å². The zero-order valence-corrected chi connectivity index (χ0v) is 17.7. The van der Waals surface area contributed by atoms with Gasteiger partial charge in [-0.15, -0.1) is 0 Å². The van der Waals surface area contributed by atoms with Crippen molar-refractivity contribution in [2.45, 2.75) is 71.2 Å². The van der Waals surface area contributed by atoms with Gasteiger partial charge < -0.3 is 9.16 Å². The lowest BCUT2D eigenvalue weighted by molar-refractivity contribution is -0.134. The molecule has 1 aromatic carbocycles. The fraction of sp³-hybridized carbons (Fsp3) is 0.571. The topological polar surface area (TPSA) is 35.5 Å². The van der Waals surface area contributed by atoms with E-state index in [1.54, 1.807) is 6.08 Å². The predicted octanol–water partition coefficient (Wildman–Crippen LogP) is 5.28. The molecule has 0 aromatic heterocycles. The van der Waals surface area contributed by atoms with E-state index in [1.807, 2.05) is 0 Å². The van der Waals surface area contributed by atoms with Crippen LogP contribution in [0.3, 0.4) is 0 Å². The van der Waals surface area contributed by atoms with Gasteiger partial charge >= 0.3 is 5.97 Å². The van der Waals surface area contributed by atoms with Crippen LogP contribution in [0.4, 0.5) is 0 Å². The number of carbonyl (C=O) groups is 1. The monoisotopic (exact) mass is 360 g/mol. The molecular formula is C21H32O3Si. The quantitative estimate of drug-likeness (QED) is 0.318. The van der Waals surface area contributed by atoms with Gasteiger partial charge in [-0.1, -0.05) is 39.0 Å². The number of hydrogen-bond donors (Lipinski definition) is 0. The van der Waals surface area contributed by atoms with Crippen LogP contribution in [-0.4, -0.2) is 27.5 Å². The highest BCUT2D eigenvalue weighted by Gasteiger charge is 2.39. The van der Waals surface area contributed by atoms with E-state index in [4.69, 9.17) is 9.16 Å². The Labute approximate surface area is 153 Å². The van der Waals surface area contributed by atoms with Crippen molar-refractivity contribution in [3.05, 3.63) is 41.0 Å². The van der Waals surface area contributed by atoms with Gasteiger partial charge in [0.2, 0.25) is 0 Å². The molecule has 1 unspecified atom stereocenters. The van der Waals surface area contributed by atoms with E-state index in [0.29, 0.717) is 0 Å². The molecule has 0 N–H and O–H groups in total. The van der Waals surface area contributed by atoms with Crippen LogP contribution in [-0.2, 0) is 20.4 Å². The maximum atomic E-state index is 11.8. The van der Waals surface area contributed by atoms with Gasteiger partial charge in [0.25, 0.3) is 0 Å². The number of methoxy groups -OCH3 is 1. The summed E-state index contributed by atoms with van der Waals surface area (Å²) in [6, 6.07) is 6.37. The molecular weight excluding hydrogens is 328 g/mol. The normalized spacial score (nSPS) is 20.1. The third kappa shape index (κ3) is 4.62. The number of carbonyl (C=O) groups excluding carboxylic acids is 1. The van der Waals surface area contributed by atoms with Crippen molar-refractivity contribution in [3.8, 4) is 0 Å². The Morgan fingerprint density at radius 1 is 1.28 bits per heavy atom. The van der Waals surface area contributed by atoms with Crippen molar-refractivity contribution in [2.24, 2.45) is 0 Å². The van der Waals surface area contributed by atoms with E-state index >= 15 is 0 Å². The van der Waals surface area contributed by atoms with Crippen molar-refractivity contribution in [2.75, 3.05) is 7.11 Å². The lowest BCUT2D eigenvalue weighted by Crippen LogP contribution is -2.44. The van der Waals surface area contributed by atoms with Crippen molar-refractivity contribution in [1.82, 2.24) is 0 Å². The lowest BCUT2D eigenvalue weighted by Gasteiger charge is -2.39. The van der Waals surface area contributed by atoms with Gasteiger partial charge in [0.05, 0.1) is 7.11 Å². The van der Waals surface area contributed by atoms with Crippen LogP contribution in [0.2, 0.25) is 18.1 Å². The van der Waals surface area contributed by atoms with E-state index in [0.717, 1.165) is 24.8 Å². The highest BCUT2D eigenvalue weighted by molar-refractivity contribution is 6.74. The Balaban J connectivity index is 2.37. The molecule has 1 atom stereocenters. The predicted molar refractivity (Wildman–Crippen MR) is 106 cm³/mol. The molecule has 0 bridgehead atoms. The summed E-state index contributed by atoms with van der Waals surface area (Å²) in [5.74, 6) is -0.284. The van der Waals surface area contributed by atoms with Crippen molar-refractivity contribution >= 4 is 19.9 Å². The summed E-state index contributed by atoms with van der Waals surface area (Å²) in [5, 5.41) is 0.194. The number of benzene rings is 1. The average molecular weight is 361 g/mol. The van der Waals surface area contributed by atoms with Crippen LogP contribution in [0.25, 0.3) is 5.57 Å². The summed E-state index contributed by atoms with van der Waals surface area (Å²) in [7, 11) is -0.393. The highest BCUT2D eigenvalue weighted by Crippen LogP contribution is 2.40. The fourth-order valence-corrected chi connectivity index (χ4v) is 4.57. The number of rotatable bonds is 3. The Bertz CT molecular complexity index is 668. The maximum absolute atomic E-state index is 11.8. The van der Waals surface area contributed by atoms with Gasteiger partial charge in [-0.2, -0.15) is 0 Å². The minimum absolute atomic E-state index is 0.194. The Morgan fingerprint density at radius 3 is 2.56 bits per heavy atom. The first-order valence-corrected chi connectivity index (χ1v) is 12.0. The van der Waals surface area contributed by atoms with Crippen molar-refractivity contribution in [3.63, 3.8) is 0 Å². The Hall–Kier alpha value is -1.39. The van der Waals surface area contributed by atoms with Crippen LogP contribution < -0.4 is 0 Å². The molecule has 0 saturated heterocycles.